The number of amides is 1. The minimum absolute atomic E-state index is 0.0573. The number of aliphatic hydroxyl groups is 1. The van der Waals surface area contributed by atoms with E-state index in [0.717, 1.165) is 5.56 Å². The van der Waals surface area contributed by atoms with E-state index in [4.69, 9.17) is 9.15 Å². The fourth-order valence-corrected chi connectivity index (χ4v) is 3.63. The Kier molecular flexibility index (Phi) is 5.39. The highest BCUT2D eigenvalue weighted by molar-refractivity contribution is 6.46. The van der Waals surface area contributed by atoms with Gasteiger partial charge in [0.1, 0.15) is 17.3 Å². The smallest absolute Gasteiger partial charge is 0.296 e. The Morgan fingerprint density at radius 1 is 1.03 bits per heavy atom. The molecular weight excluding hydrogens is 382 g/mol. The summed E-state index contributed by atoms with van der Waals surface area (Å²) in [6, 6.07) is 18.7. The Bertz CT molecular complexity index is 1070. The summed E-state index contributed by atoms with van der Waals surface area (Å²) in [6.45, 7) is 2.53. The molecule has 4 rings (SSSR count). The summed E-state index contributed by atoms with van der Waals surface area (Å²) < 4.78 is 10.8. The number of ether oxygens (including phenoxy) is 1. The van der Waals surface area contributed by atoms with Crippen LogP contribution in [0.25, 0.3) is 5.76 Å². The highest BCUT2D eigenvalue weighted by Crippen LogP contribution is 2.40. The van der Waals surface area contributed by atoms with Gasteiger partial charge in [-0.3, -0.25) is 9.59 Å². The summed E-state index contributed by atoms with van der Waals surface area (Å²) in [5, 5.41) is 11.0. The van der Waals surface area contributed by atoms with Gasteiger partial charge in [-0.2, -0.15) is 0 Å². The van der Waals surface area contributed by atoms with Crippen LogP contribution in [-0.4, -0.2) is 28.3 Å². The number of carbonyl (C=O) groups is 2. The van der Waals surface area contributed by atoms with Crippen molar-refractivity contribution in [2.45, 2.75) is 19.5 Å². The van der Waals surface area contributed by atoms with E-state index in [9.17, 15) is 14.7 Å². The molecule has 1 aromatic heterocycles. The molecule has 6 heteroatoms. The van der Waals surface area contributed by atoms with Crippen LogP contribution in [0, 0.1) is 0 Å². The van der Waals surface area contributed by atoms with Gasteiger partial charge in [-0.05, 0) is 48.9 Å². The SMILES string of the molecule is CCOc1ccc(C(O)=C2C(=O)C(=O)N(Cc3ccco3)C2c2ccccc2)cc1. The predicted octanol–water partition coefficient (Wildman–Crippen LogP) is 4.30. The second kappa shape index (κ2) is 8.29. The molecule has 0 spiro atoms. The lowest BCUT2D eigenvalue weighted by Gasteiger charge is -2.24. The molecule has 3 aromatic rings. The van der Waals surface area contributed by atoms with Crippen LogP contribution in [-0.2, 0) is 16.1 Å². The molecule has 1 amide bonds. The zero-order chi connectivity index (χ0) is 21.1. The number of ketones is 1. The minimum Gasteiger partial charge on any atom is -0.507 e. The number of furan rings is 1. The Morgan fingerprint density at radius 3 is 2.40 bits per heavy atom. The normalized spacial score (nSPS) is 18.0. The Morgan fingerprint density at radius 2 is 1.77 bits per heavy atom. The Hall–Kier alpha value is -3.80. The molecule has 1 N–H and O–H groups in total. The van der Waals surface area contributed by atoms with Crippen molar-refractivity contribution >= 4 is 17.4 Å². The molecule has 1 saturated heterocycles. The van der Waals surface area contributed by atoms with Gasteiger partial charge in [-0.25, -0.2) is 0 Å². The maximum absolute atomic E-state index is 12.9. The lowest BCUT2D eigenvalue weighted by Crippen LogP contribution is -2.29. The molecule has 1 unspecified atom stereocenters. The van der Waals surface area contributed by atoms with E-state index in [1.165, 1.54) is 11.2 Å². The number of rotatable bonds is 6. The summed E-state index contributed by atoms with van der Waals surface area (Å²) in [6.07, 6.45) is 1.52. The first-order chi connectivity index (χ1) is 14.6. The molecule has 0 saturated carbocycles. The lowest BCUT2D eigenvalue weighted by molar-refractivity contribution is -0.140. The number of hydrogen-bond donors (Lipinski definition) is 1. The molecule has 0 bridgehead atoms. The van der Waals surface area contributed by atoms with Gasteiger partial charge in [0.15, 0.2) is 0 Å². The molecule has 2 heterocycles. The van der Waals surface area contributed by atoms with Crippen LogP contribution < -0.4 is 4.74 Å². The maximum Gasteiger partial charge on any atom is 0.296 e. The van der Waals surface area contributed by atoms with Crippen LogP contribution in [0.5, 0.6) is 5.75 Å². The monoisotopic (exact) mass is 403 g/mol. The van der Waals surface area contributed by atoms with E-state index in [1.54, 1.807) is 36.4 Å². The summed E-state index contributed by atoms with van der Waals surface area (Å²) in [5.41, 5.74) is 1.23. The molecule has 30 heavy (non-hydrogen) atoms. The molecule has 1 aliphatic rings. The van der Waals surface area contributed by atoms with E-state index >= 15 is 0 Å². The molecule has 2 aromatic carbocycles. The summed E-state index contributed by atoms with van der Waals surface area (Å²) >= 11 is 0. The molecule has 1 atom stereocenters. The zero-order valence-electron chi connectivity index (χ0n) is 16.4. The molecule has 0 aliphatic carbocycles. The summed E-state index contributed by atoms with van der Waals surface area (Å²) in [7, 11) is 0. The molecule has 1 aliphatic heterocycles. The first kappa shape index (κ1) is 19.5. The maximum atomic E-state index is 12.9. The second-order valence-corrected chi connectivity index (χ2v) is 6.87. The van der Waals surface area contributed by atoms with Crippen molar-refractivity contribution in [3.8, 4) is 5.75 Å². The van der Waals surface area contributed by atoms with Gasteiger partial charge < -0.3 is 19.2 Å². The van der Waals surface area contributed by atoms with E-state index in [2.05, 4.69) is 0 Å². The average molecular weight is 403 g/mol. The molecule has 1 fully saturated rings. The van der Waals surface area contributed by atoms with Crippen molar-refractivity contribution < 1.29 is 23.8 Å². The third kappa shape index (κ3) is 3.59. The van der Waals surface area contributed by atoms with Crippen LogP contribution in [0.3, 0.4) is 0 Å². The fraction of sp³-hybridized carbons (Fsp3) is 0.167. The highest BCUT2D eigenvalue weighted by Gasteiger charge is 2.46. The van der Waals surface area contributed by atoms with Crippen LogP contribution in [0.2, 0.25) is 0 Å². The van der Waals surface area contributed by atoms with E-state index in [-0.39, 0.29) is 17.9 Å². The Labute approximate surface area is 174 Å². The van der Waals surface area contributed by atoms with Crippen molar-refractivity contribution in [3.05, 3.63) is 95.5 Å². The van der Waals surface area contributed by atoms with Gasteiger partial charge in [-0.1, -0.05) is 30.3 Å². The quantitative estimate of drug-likeness (QED) is 0.377. The van der Waals surface area contributed by atoms with Crippen LogP contribution in [0.15, 0.2) is 83.0 Å². The van der Waals surface area contributed by atoms with Gasteiger partial charge in [-0.15, -0.1) is 0 Å². The number of benzene rings is 2. The van der Waals surface area contributed by atoms with Crippen LogP contribution >= 0.6 is 0 Å². The number of hydrogen-bond acceptors (Lipinski definition) is 5. The average Bonchev–Trinajstić information content (AvgIpc) is 3.37. The van der Waals surface area contributed by atoms with Gasteiger partial charge >= 0.3 is 0 Å². The largest absolute Gasteiger partial charge is 0.507 e. The molecule has 0 radical (unpaired) electrons. The van der Waals surface area contributed by atoms with E-state index in [1.807, 2.05) is 37.3 Å². The van der Waals surface area contributed by atoms with Crippen molar-refractivity contribution in [1.82, 2.24) is 4.90 Å². The van der Waals surface area contributed by atoms with Crippen molar-refractivity contribution in [2.24, 2.45) is 0 Å². The second-order valence-electron chi connectivity index (χ2n) is 6.87. The summed E-state index contributed by atoms with van der Waals surface area (Å²) in [4.78, 5) is 27.2. The van der Waals surface area contributed by atoms with E-state index < -0.39 is 17.7 Å². The predicted molar refractivity (Wildman–Crippen MR) is 111 cm³/mol. The van der Waals surface area contributed by atoms with Gasteiger partial charge in [0.2, 0.25) is 0 Å². The minimum atomic E-state index is -0.721. The first-order valence-corrected chi connectivity index (χ1v) is 9.69. The third-order valence-electron chi connectivity index (χ3n) is 5.00. The van der Waals surface area contributed by atoms with Gasteiger partial charge in [0, 0.05) is 5.56 Å². The third-order valence-corrected chi connectivity index (χ3v) is 5.00. The lowest BCUT2D eigenvalue weighted by atomic mass is 9.95. The molecular formula is C24H21NO5. The fourth-order valence-electron chi connectivity index (χ4n) is 3.63. The Balaban J connectivity index is 1.80. The van der Waals surface area contributed by atoms with Gasteiger partial charge in [0.05, 0.1) is 31.0 Å². The van der Waals surface area contributed by atoms with Gasteiger partial charge in [0.25, 0.3) is 11.7 Å². The number of nitrogens with zero attached hydrogens (tertiary/aromatic N) is 1. The standard InChI is InChI=1S/C24H21NO5/c1-2-29-18-12-10-17(11-13-18)22(26)20-21(16-7-4-3-5-8-16)25(24(28)23(20)27)15-19-9-6-14-30-19/h3-14,21,26H,2,15H2,1H3. The number of carbonyl (C=O) groups excluding carboxylic acids is 2. The number of likely N-dealkylation sites (tertiary alicyclic amines) is 1. The summed E-state index contributed by atoms with van der Waals surface area (Å²) in [5.74, 6) is -0.396. The molecule has 152 valence electrons. The highest BCUT2D eigenvalue weighted by atomic mass is 16.5. The zero-order valence-corrected chi connectivity index (χ0v) is 16.4. The van der Waals surface area contributed by atoms with Crippen molar-refractivity contribution in [1.29, 1.82) is 0 Å². The van der Waals surface area contributed by atoms with Crippen LogP contribution in [0.4, 0.5) is 0 Å². The number of Topliss-reactive ketones (excluding diaryl/α,β-unsaturated/α-hetero) is 1. The topological polar surface area (TPSA) is 80.0 Å². The van der Waals surface area contributed by atoms with Crippen molar-refractivity contribution in [2.75, 3.05) is 6.61 Å². The van der Waals surface area contributed by atoms with Crippen molar-refractivity contribution in [3.63, 3.8) is 0 Å². The van der Waals surface area contributed by atoms with E-state index in [0.29, 0.717) is 23.7 Å². The molecule has 6 nitrogen and oxygen atoms in total. The first-order valence-electron chi connectivity index (χ1n) is 9.69. The number of aliphatic hydroxyl groups excluding tert-OH is 1. The van der Waals surface area contributed by atoms with Crippen LogP contribution in [0.1, 0.15) is 29.9 Å².